The van der Waals surface area contributed by atoms with Crippen LogP contribution in [0.15, 0.2) is 24.3 Å². The number of fused-ring (bicyclic) bond motifs is 1. The van der Waals surface area contributed by atoms with Crippen molar-refractivity contribution in [2.45, 2.75) is 51.7 Å². The first kappa shape index (κ1) is 20.6. The molecule has 2 aliphatic rings. The lowest BCUT2D eigenvalue weighted by molar-refractivity contribution is -0.138. The van der Waals surface area contributed by atoms with Crippen molar-refractivity contribution in [2.24, 2.45) is 5.92 Å². The number of hydrogen-bond acceptors (Lipinski definition) is 4. The Kier molecular flexibility index (Phi) is 6.94. The van der Waals surface area contributed by atoms with Gasteiger partial charge in [0.05, 0.1) is 19.1 Å². The summed E-state index contributed by atoms with van der Waals surface area (Å²) in [5.41, 5.74) is 0.693. The number of carbonyl (C=O) groups excluding carboxylic acids is 2. The normalized spacial score (nSPS) is 22.1. The number of likely N-dealkylation sites (tertiary alicyclic amines) is 2. The molecule has 2 aliphatic heterocycles. The molecular weight excluding hydrogens is 356 g/mol. The number of benzene rings is 1. The van der Waals surface area contributed by atoms with Crippen LogP contribution in [0.3, 0.4) is 0 Å². The number of rotatable bonds is 6. The van der Waals surface area contributed by atoms with Crippen molar-refractivity contribution in [1.82, 2.24) is 9.80 Å². The molecule has 1 aromatic carbocycles. The summed E-state index contributed by atoms with van der Waals surface area (Å²) in [6.07, 6.45) is 3.48. The fourth-order valence-electron chi connectivity index (χ4n) is 4.36. The Morgan fingerprint density at radius 1 is 1.14 bits per heavy atom. The SMILES string of the molecule is COCCC(=O)N1CCCC2CN(C(=O)c3ccc(OC(C)C)cc3)CCC21. The average Bonchev–Trinajstić information content (AvgIpc) is 2.70. The van der Waals surface area contributed by atoms with Crippen LogP contribution in [-0.4, -0.2) is 67.1 Å². The van der Waals surface area contributed by atoms with Crippen molar-refractivity contribution in [2.75, 3.05) is 33.4 Å². The van der Waals surface area contributed by atoms with Gasteiger partial charge >= 0.3 is 0 Å². The van der Waals surface area contributed by atoms with Crippen molar-refractivity contribution in [3.05, 3.63) is 29.8 Å². The molecule has 2 fully saturated rings. The molecule has 6 nitrogen and oxygen atoms in total. The van der Waals surface area contributed by atoms with E-state index in [9.17, 15) is 9.59 Å². The third-order valence-electron chi connectivity index (χ3n) is 5.67. The molecule has 0 radical (unpaired) electrons. The van der Waals surface area contributed by atoms with Crippen LogP contribution in [0.5, 0.6) is 5.75 Å². The first-order valence-electron chi connectivity index (χ1n) is 10.3. The van der Waals surface area contributed by atoms with E-state index in [-0.39, 0.29) is 24.0 Å². The topological polar surface area (TPSA) is 59.1 Å². The quantitative estimate of drug-likeness (QED) is 0.752. The Bertz CT molecular complexity index is 674. The fourth-order valence-corrected chi connectivity index (χ4v) is 4.36. The molecular formula is C22H32N2O4. The van der Waals surface area contributed by atoms with Gasteiger partial charge in [0.15, 0.2) is 0 Å². The van der Waals surface area contributed by atoms with E-state index >= 15 is 0 Å². The van der Waals surface area contributed by atoms with Crippen molar-refractivity contribution in [3.8, 4) is 5.75 Å². The van der Waals surface area contributed by atoms with Gasteiger partial charge in [0.25, 0.3) is 5.91 Å². The van der Waals surface area contributed by atoms with Gasteiger partial charge in [-0.15, -0.1) is 0 Å². The molecule has 0 saturated carbocycles. The Morgan fingerprint density at radius 2 is 1.89 bits per heavy atom. The number of nitrogens with zero attached hydrogens (tertiary/aromatic N) is 2. The van der Waals surface area contributed by atoms with Crippen LogP contribution in [0.25, 0.3) is 0 Å². The highest BCUT2D eigenvalue weighted by atomic mass is 16.5. The minimum Gasteiger partial charge on any atom is -0.491 e. The monoisotopic (exact) mass is 388 g/mol. The van der Waals surface area contributed by atoms with Crippen LogP contribution >= 0.6 is 0 Å². The summed E-state index contributed by atoms with van der Waals surface area (Å²) in [5.74, 6) is 1.39. The third-order valence-corrected chi connectivity index (χ3v) is 5.67. The maximum Gasteiger partial charge on any atom is 0.253 e. The van der Waals surface area contributed by atoms with E-state index in [1.165, 1.54) is 0 Å². The van der Waals surface area contributed by atoms with Crippen molar-refractivity contribution >= 4 is 11.8 Å². The van der Waals surface area contributed by atoms with Gasteiger partial charge in [-0.1, -0.05) is 0 Å². The molecule has 2 atom stereocenters. The molecule has 2 heterocycles. The number of amides is 2. The van der Waals surface area contributed by atoms with E-state index in [0.717, 1.165) is 38.1 Å². The minimum atomic E-state index is 0.0670. The Labute approximate surface area is 167 Å². The van der Waals surface area contributed by atoms with Gasteiger partial charge in [-0.2, -0.15) is 0 Å². The lowest BCUT2D eigenvalue weighted by Crippen LogP contribution is -2.56. The van der Waals surface area contributed by atoms with Crippen molar-refractivity contribution in [1.29, 1.82) is 0 Å². The molecule has 2 saturated heterocycles. The molecule has 0 N–H and O–H groups in total. The van der Waals surface area contributed by atoms with Gasteiger partial charge in [0.1, 0.15) is 5.75 Å². The zero-order valence-corrected chi connectivity index (χ0v) is 17.2. The van der Waals surface area contributed by atoms with Crippen molar-refractivity contribution in [3.63, 3.8) is 0 Å². The highest BCUT2D eigenvalue weighted by molar-refractivity contribution is 5.94. The smallest absolute Gasteiger partial charge is 0.253 e. The van der Waals surface area contributed by atoms with Crippen LogP contribution in [0, 0.1) is 5.92 Å². The highest BCUT2D eigenvalue weighted by Gasteiger charge is 2.39. The number of ether oxygens (including phenoxy) is 2. The van der Waals surface area contributed by atoms with Crippen molar-refractivity contribution < 1.29 is 19.1 Å². The lowest BCUT2D eigenvalue weighted by atomic mass is 9.83. The first-order chi connectivity index (χ1) is 13.5. The second-order valence-electron chi connectivity index (χ2n) is 8.03. The fraction of sp³-hybridized carbons (Fsp3) is 0.636. The second-order valence-corrected chi connectivity index (χ2v) is 8.03. The number of carbonyl (C=O) groups is 2. The summed E-state index contributed by atoms with van der Waals surface area (Å²) in [5, 5.41) is 0. The van der Waals surface area contributed by atoms with E-state index in [1.807, 2.05) is 47.9 Å². The van der Waals surface area contributed by atoms with E-state index in [0.29, 0.717) is 31.1 Å². The predicted molar refractivity (Wildman–Crippen MR) is 107 cm³/mol. The Hall–Kier alpha value is -2.08. The number of hydrogen-bond donors (Lipinski definition) is 0. The molecule has 28 heavy (non-hydrogen) atoms. The van der Waals surface area contributed by atoms with Gasteiger partial charge in [0, 0.05) is 38.3 Å². The molecule has 0 aliphatic carbocycles. The zero-order valence-electron chi connectivity index (χ0n) is 17.2. The lowest BCUT2D eigenvalue weighted by Gasteiger charge is -2.47. The van der Waals surface area contributed by atoms with Crippen LogP contribution in [0.2, 0.25) is 0 Å². The third kappa shape index (κ3) is 4.85. The largest absolute Gasteiger partial charge is 0.491 e. The predicted octanol–water partition coefficient (Wildman–Crippen LogP) is 2.96. The summed E-state index contributed by atoms with van der Waals surface area (Å²) >= 11 is 0. The Balaban J connectivity index is 1.61. The van der Waals surface area contributed by atoms with Gasteiger partial charge < -0.3 is 19.3 Å². The molecule has 2 unspecified atom stereocenters. The van der Waals surface area contributed by atoms with E-state index in [2.05, 4.69) is 0 Å². The van der Waals surface area contributed by atoms with Crippen LogP contribution < -0.4 is 4.74 Å². The highest BCUT2D eigenvalue weighted by Crippen LogP contribution is 2.31. The maximum atomic E-state index is 13.0. The van der Waals surface area contributed by atoms with E-state index in [4.69, 9.17) is 9.47 Å². The summed E-state index contributed by atoms with van der Waals surface area (Å²) in [6.45, 7) is 6.68. The molecule has 0 spiro atoms. The van der Waals surface area contributed by atoms with Gasteiger partial charge in [0.2, 0.25) is 5.91 Å². The van der Waals surface area contributed by atoms with E-state index < -0.39 is 0 Å². The molecule has 0 aromatic heterocycles. The maximum absolute atomic E-state index is 13.0. The van der Waals surface area contributed by atoms with Gasteiger partial charge in [-0.25, -0.2) is 0 Å². The van der Waals surface area contributed by atoms with Gasteiger partial charge in [-0.05, 0) is 63.3 Å². The second kappa shape index (κ2) is 9.41. The molecule has 6 heteroatoms. The minimum absolute atomic E-state index is 0.0670. The Morgan fingerprint density at radius 3 is 2.57 bits per heavy atom. The molecule has 0 bridgehead atoms. The number of methoxy groups -OCH3 is 1. The van der Waals surface area contributed by atoms with E-state index in [1.54, 1.807) is 7.11 Å². The summed E-state index contributed by atoms with van der Waals surface area (Å²) in [6, 6.07) is 7.65. The van der Waals surface area contributed by atoms with Gasteiger partial charge in [-0.3, -0.25) is 9.59 Å². The molecule has 3 rings (SSSR count). The summed E-state index contributed by atoms with van der Waals surface area (Å²) in [4.78, 5) is 29.4. The summed E-state index contributed by atoms with van der Waals surface area (Å²) in [7, 11) is 1.62. The standard InChI is InChI=1S/C22H32N2O4/c1-16(2)28-19-8-6-17(7-9-19)22(26)23-13-10-20-18(15-23)5-4-12-24(20)21(25)11-14-27-3/h6-9,16,18,20H,4-5,10-15H2,1-3H3. The molecule has 154 valence electrons. The number of piperidine rings is 2. The van der Waals surface area contributed by atoms with Crippen LogP contribution in [-0.2, 0) is 9.53 Å². The van der Waals surface area contributed by atoms with Crippen LogP contribution in [0.1, 0.15) is 49.9 Å². The molecule has 2 amide bonds. The van der Waals surface area contributed by atoms with Crippen LogP contribution in [0.4, 0.5) is 0 Å². The summed E-state index contributed by atoms with van der Waals surface area (Å²) < 4.78 is 10.7. The zero-order chi connectivity index (χ0) is 20.1. The first-order valence-corrected chi connectivity index (χ1v) is 10.3. The average molecular weight is 389 g/mol. The molecule has 1 aromatic rings.